The highest BCUT2D eigenvalue weighted by molar-refractivity contribution is 14.1. The first-order chi connectivity index (χ1) is 3.41. The maximum absolute atomic E-state index is 3.72. The number of nitrogens with zero attached hydrogens (tertiary/aromatic N) is 1. The molecular weight excluding hydrogens is 203 g/mol. The highest BCUT2D eigenvalue weighted by Crippen LogP contribution is 1.67. The van der Waals surface area contributed by atoms with E-state index in [-0.39, 0.29) is 0 Å². The van der Waals surface area contributed by atoms with E-state index in [1.54, 1.807) is 19.5 Å². The molecule has 0 aliphatic rings. The van der Waals surface area contributed by atoms with Gasteiger partial charge in [0.2, 0.25) is 0 Å². The van der Waals surface area contributed by atoms with Crippen molar-refractivity contribution in [1.82, 2.24) is 3.53 Å². The predicted molar refractivity (Wildman–Crippen MR) is 40.7 cm³/mol. The number of halogens is 1. The van der Waals surface area contributed by atoms with Crippen LogP contribution in [0.1, 0.15) is 0 Å². The van der Waals surface area contributed by atoms with Crippen LogP contribution in [-0.2, 0) is 0 Å². The molecule has 0 aliphatic carbocycles. The van der Waals surface area contributed by atoms with Gasteiger partial charge >= 0.3 is 0 Å². The van der Waals surface area contributed by atoms with Crippen molar-refractivity contribution in [1.29, 1.82) is 0 Å². The molecule has 0 amide bonds. The summed E-state index contributed by atoms with van der Waals surface area (Å²) < 4.78 is 2.80. The van der Waals surface area contributed by atoms with Gasteiger partial charge in [-0.25, -0.2) is 0 Å². The second kappa shape index (κ2) is 5.94. The SMILES string of the molecule is CN=CC=CNI. The van der Waals surface area contributed by atoms with Crippen LogP contribution in [0.25, 0.3) is 0 Å². The van der Waals surface area contributed by atoms with Crippen LogP contribution in [0.2, 0.25) is 0 Å². The molecule has 7 heavy (non-hydrogen) atoms. The minimum Gasteiger partial charge on any atom is -0.335 e. The topological polar surface area (TPSA) is 24.4 Å². The van der Waals surface area contributed by atoms with E-state index in [0.717, 1.165) is 0 Å². The first kappa shape index (κ1) is 6.94. The minimum absolute atomic E-state index is 1.71. The Morgan fingerprint density at radius 1 is 1.71 bits per heavy atom. The van der Waals surface area contributed by atoms with Gasteiger partial charge in [0.25, 0.3) is 0 Å². The molecule has 0 radical (unpaired) electrons. The molecule has 0 saturated heterocycles. The van der Waals surface area contributed by atoms with Crippen LogP contribution in [0.5, 0.6) is 0 Å². The Hall–Kier alpha value is -0.0600. The zero-order valence-corrected chi connectivity index (χ0v) is 6.21. The van der Waals surface area contributed by atoms with Gasteiger partial charge in [-0.2, -0.15) is 0 Å². The van der Waals surface area contributed by atoms with Gasteiger partial charge in [-0.15, -0.1) is 0 Å². The van der Waals surface area contributed by atoms with E-state index >= 15 is 0 Å². The number of hydrogen-bond acceptors (Lipinski definition) is 2. The largest absolute Gasteiger partial charge is 0.335 e. The van der Waals surface area contributed by atoms with Gasteiger partial charge in [0.05, 0.1) is 22.9 Å². The lowest BCUT2D eigenvalue weighted by Crippen LogP contribution is -1.77. The van der Waals surface area contributed by atoms with Gasteiger partial charge in [0, 0.05) is 19.5 Å². The Morgan fingerprint density at radius 2 is 2.43 bits per heavy atom. The van der Waals surface area contributed by atoms with Crippen molar-refractivity contribution in [2.24, 2.45) is 4.99 Å². The monoisotopic (exact) mass is 210 g/mol. The lowest BCUT2D eigenvalue weighted by atomic mass is 10.7. The summed E-state index contributed by atoms with van der Waals surface area (Å²) in [5.41, 5.74) is 0. The van der Waals surface area contributed by atoms with Gasteiger partial charge in [0.1, 0.15) is 0 Å². The molecule has 0 unspecified atom stereocenters. The van der Waals surface area contributed by atoms with E-state index in [0.29, 0.717) is 0 Å². The molecule has 0 rings (SSSR count). The van der Waals surface area contributed by atoms with Crippen LogP contribution >= 0.6 is 22.9 Å². The van der Waals surface area contributed by atoms with Crippen LogP contribution in [0.15, 0.2) is 17.3 Å². The van der Waals surface area contributed by atoms with Crippen LogP contribution in [0.3, 0.4) is 0 Å². The van der Waals surface area contributed by atoms with E-state index in [1.165, 1.54) is 0 Å². The molecule has 0 aromatic carbocycles. The molecule has 3 heteroatoms. The first-order valence-corrected chi connectivity index (χ1v) is 2.93. The van der Waals surface area contributed by atoms with Crippen LogP contribution < -0.4 is 3.53 Å². The molecule has 0 aromatic rings. The molecule has 0 atom stereocenters. The standard InChI is InChI=1S/C4H7IN2/c1-6-3-2-4-7-5/h2-4,7H,1H3. The Labute approximate surface area is 57.2 Å². The van der Waals surface area contributed by atoms with E-state index in [4.69, 9.17) is 0 Å². The minimum atomic E-state index is 1.71. The number of nitrogens with one attached hydrogen (secondary N) is 1. The summed E-state index contributed by atoms with van der Waals surface area (Å²) in [6.45, 7) is 0. The summed E-state index contributed by atoms with van der Waals surface area (Å²) in [6.07, 6.45) is 5.34. The zero-order chi connectivity index (χ0) is 5.54. The quantitative estimate of drug-likeness (QED) is 0.412. The molecule has 2 nitrogen and oxygen atoms in total. The Balaban J connectivity index is 3.09. The second-order valence-electron chi connectivity index (χ2n) is 0.875. The normalized spacial score (nSPS) is 11.1. The van der Waals surface area contributed by atoms with Crippen molar-refractivity contribution in [3.8, 4) is 0 Å². The molecule has 0 fully saturated rings. The Kier molecular flexibility index (Phi) is 5.89. The molecule has 0 saturated carbocycles. The third-order valence-electron chi connectivity index (χ3n) is 0.394. The number of aliphatic imine (C=N–C) groups is 1. The second-order valence-corrected chi connectivity index (χ2v) is 1.50. The summed E-state index contributed by atoms with van der Waals surface area (Å²) >= 11 is 2.03. The van der Waals surface area contributed by atoms with Gasteiger partial charge < -0.3 is 3.53 Å². The highest BCUT2D eigenvalue weighted by Gasteiger charge is 1.56. The van der Waals surface area contributed by atoms with Crippen molar-refractivity contribution in [2.75, 3.05) is 7.05 Å². The van der Waals surface area contributed by atoms with Crippen LogP contribution in [0.4, 0.5) is 0 Å². The van der Waals surface area contributed by atoms with Gasteiger partial charge in [-0.3, -0.25) is 4.99 Å². The molecule has 1 N–H and O–H groups in total. The predicted octanol–water partition coefficient (Wildman–Crippen LogP) is 1.14. The smallest absolute Gasteiger partial charge is 0.0555 e. The van der Waals surface area contributed by atoms with Gasteiger partial charge in [-0.05, 0) is 6.08 Å². The van der Waals surface area contributed by atoms with Gasteiger partial charge in [0.15, 0.2) is 0 Å². The first-order valence-electron chi connectivity index (χ1n) is 1.85. The van der Waals surface area contributed by atoms with Crippen LogP contribution in [0, 0.1) is 0 Å². The fraction of sp³-hybridized carbons (Fsp3) is 0.250. The van der Waals surface area contributed by atoms with E-state index in [1.807, 2.05) is 28.9 Å². The van der Waals surface area contributed by atoms with Crippen molar-refractivity contribution >= 4 is 29.1 Å². The summed E-state index contributed by atoms with van der Waals surface area (Å²) in [4.78, 5) is 3.72. The maximum atomic E-state index is 3.72. The van der Waals surface area contributed by atoms with Crippen LogP contribution in [-0.4, -0.2) is 13.3 Å². The fourth-order valence-electron chi connectivity index (χ4n) is 0.165. The van der Waals surface area contributed by atoms with Crippen molar-refractivity contribution in [2.45, 2.75) is 0 Å². The summed E-state index contributed by atoms with van der Waals surface area (Å²) in [5.74, 6) is 0. The fourth-order valence-corrected chi connectivity index (χ4v) is 0.373. The number of allylic oxidation sites excluding steroid dienone is 1. The van der Waals surface area contributed by atoms with E-state index in [2.05, 4.69) is 8.52 Å². The molecule has 0 spiro atoms. The molecular formula is C4H7IN2. The lowest BCUT2D eigenvalue weighted by molar-refractivity contribution is 1.46. The Bertz CT molecular complexity index is 77.8. The van der Waals surface area contributed by atoms with E-state index in [9.17, 15) is 0 Å². The molecule has 0 bridgehead atoms. The van der Waals surface area contributed by atoms with Crippen molar-refractivity contribution in [3.05, 3.63) is 12.3 Å². The van der Waals surface area contributed by atoms with E-state index < -0.39 is 0 Å². The summed E-state index contributed by atoms with van der Waals surface area (Å²) in [5, 5.41) is 0. The number of hydrogen-bond donors (Lipinski definition) is 1. The van der Waals surface area contributed by atoms with Crippen molar-refractivity contribution in [3.63, 3.8) is 0 Å². The molecule has 40 valence electrons. The zero-order valence-electron chi connectivity index (χ0n) is 4.06. The average molecular weight is 210 g/mol. The third kappa shape index (κ3) is 5.94. The Morgan fingerprint density at radius 3 is 2.86 bits per heavy atom. The molecule has 0 aliphatic heterocycles. The number of rotatable bonds is 2. The average Bonchev–Trinajstić information content (AvgIpc) is 1.69. The lowest BCUT2D eigenvalue weighted by Gasteiger charge is -1.74. The summed E-state index contributed by atoms with van der Waals surface area (Å²) in [7, 11) is 1.73. The molecule has 0 heterocycles. The van der Waals surface area contributed by atoms with Crippen molar-refractivity contribution < 1.29 is 0 Å². The van der Waals surface area contributed by atoms with Gasteiger partial charge in [-0.1, -0.05) is 0 Å². The highest BCUT2D eigenvalue weighted by atomic mass is 127. The third-order valence-corrected chi connectivity index (χ3v) is 0.754. The molecule has 0 aromatic heterocycles. The summed E-state index contributed by atoms with van der Waals surface area (Å²) in [6, 6.07) is 0. The maximum Gasteiger partial charge on any atom is 0.0555 e.